The Balaban J connectivity index is 1.27. The average Bonchev–Trinajstić information content (AvgIpc) is 2.82. The maximum absolute atomic E-state index is 13.2. The maximum atomic E-state index is 13.2. The Hall–Kier alpha value is -2.66. The summed E-state index contributed by atoms with van der Waals surface area (Å²) in [5.74, 6) is 0.234. The third-order valence-corrected chi connectivity index (χ3v) is 6.90. The van der Waals surface area contributed by atoms with Crippen molar-refractivity contribution in [1.82, 2.24) is 14.7 Å². The average molecular weight is 404 g/mol. The molecule has 30 heavy (non-hydrogen) atoms. The molecule has 5 nitrogen and oxygen atoms in total. The Labute approximate surface area is 178 Å². The van der Waals surface area contributed by atoms with Crippen molar-refractivity contribution in [3.8, 4) is 0 Å². The summed E-state index contributed by atoms with van der Waals surface area (Å²) in [6.45, 7) is 5.17. The molecule has 0 saturated carbocycles. The molecule has 3 aliphatic heterocycles. The summed E-state index contributed by atoms with van der Waals surface area (Å²) in [7, 11) is 0. The second kappa shape index (κ2) is 8.23. The zero-order chi connectivity index (χ0) is 20.5. The molecular formula is C25H29N3O2. The van der Waals surface area contributed by atoms with Gasteiger partial charge in [-0.15, -0.1) is 0 Å². The van der Waals surface area contributed by atoms with Crippen LogP contribution in [0.1, 0.15) is 51.1 Å². The first kappa shape index (κ1) is 19.3. The first-order valence-corrected chi connectivity index (χ1v) is 11.2. The molecule has 2 amide bonds. The highest BCUT2D eigenvalue weighted by atomic mass is 16.2. The Morgan fingerprint density at radius 2 is 1.60 bits per heavy atom. The van der Waals surface area contributed by atoms with Gasteiger partial charge in [-0.2, -0.15) is 0 Å². The lowest BCUT2D eigenvalue weighted by molar-refractivity contribution is 0.0372. The van der Waals surface area contributed by atoms with Crippen molar-refractivity contribution < 1.29 is 9.59 Å². The van der Waals surface area contributed by atoms with Crippen molar-refractivity contribution in [3.05, 3.63) is 70.8 Å². The van der Waals surface area contributed by atoms with E-state index in [1.54, 1.807) is 0 Å². The molecule has 156 valence electrons. The van der Waals surface area contributed by atoms with Gasteiger partial charge in [0.15, 0.2) is 0 Å². The minimum Gasteiger partial charge on any atom is -0.336 e. The second-order valence-corrected chi connectivity index (χ2v) is 8.76. The fraction of sp³-hybridized carbons (Fsp3) is 0.440. The Bertz CT molecular complexity index is 943. The molecule has 0 aromatic heterocycles. The van der Waals surface area contributed by atoms with E-state index in [0.29, 0.717) is 19.1 Å². The van der Waals surface area contributed by atoms with Crippen LogP contribution in [0.4, 0.5) is 0 Å². The monoisotopic (exact) mass is 403 g/mol. The summed E-state index contributed by atoms with van der Waals surface area (Å²) in [4.78, 5) is 32.4. The molecule has 5 heteroatoms. The number of piperidine rings is 1. The lowest BCUT2D eigenvalue weighted by atomic mass is 9.95. The van der Waals surface area contributed by atoms with E-state index < -0.39 is 0 Å². The van der Waals surface area contributed by atoms with Crippen LogP contribution < -0.4 is 0 Å². The number of fused-ring (bicyclic) bond motifs is 2. The number of carbonyl (C=O) groups is 2. The van der Waals surface area contributed by atoms with E-state index in [9.17, 15) is 9.59 Å². The summed E-state index contributed by atoms with van der Waals surface area (Å²) in [5.41, 5.74) is 3.88. The molecule has 0 spiro atoms. The summed E-state index contributed by atoms with van der Waals surface area (Å²) in [5, 5.41) is 0. The van der Waals surface area contributed by atoms with Crippen LogP contribution in [0.15, 0.2) is 48.5 Å². The van der Waals surface area contributed by atoms with E-state index in [2.05, 4.69) is 11.0 Å². The van der Waals surface area contributed by atoms with E-state index in [1.807, 2.05) is 52.3 Å². The fourth-order valence-electron chi connectivity index (χ4n) is 5.15. The van der Waals surface area contributed by atoms with Crippen molar-refractivity contribution in [3.63, 3.8) is 0 Å². The zero-order valence-electron chi connectivity index (χ0n) is 17.4. The van der Waals surface area contributed by atoms with Crippen LogP contribution in [-0.4, -0.2) is 65.3 Å². The maximum Gasteiger partial charge on any atom is 0.254 e. The summed E-state index contributed by atoms with van der Waals surface area (Å²) in [6.07, 6.45) is 4.57. The summed E-state index contributed by atoms with van der Waals surface area (Å²) in [6, 6.07) is 16.1. The van der Waals surface area contributed by atoms with Gasteiger partial charge < -0.3 is 9.80 Å². The van der Waals surface area contributed by atoms with Gasteiger partial charge >= 0.3 is 0 Å². The first-order valence-electron chi connectivity index (χ1n) is 11.2. The van der Waals surface area contributed by atoms with Crippen molar-refractivity contribution >= 4 is 11.8 Å². The van der Waals surface area contributed by atoms with Crippen molar-refractivity contribution in [1.29, 1.82) is 0 Å². The fourth-order valence-corrected chi connectivity index (χ4v) is 5.15. The number of hydrogen-bond donors (Lipinski definition) is 0. The molecule has 0 radical (unpaired) electrons. The smallest absolute Gasteiger partial charge is 0.254 e. The molecule has 2 aromatic carbocycles. The normalized spacial score (nSPS) is 21.7. The largest absolute Gasteiger partial charge is 0.336 e. The Kier molecular flexibility index (Phi) is 5.30. The van der Waals surface area contributed by atoms with Gasteiger partial charge in [-0.25, -0.2) is 0 Å². The van der Waals surface area contributed by atoms with E-state index in [1.165, 1.54) is 31.4 Å². The Morgan fingerprint density at radius 3 is 2.47 bits per heavy atom. The van der Waals surface area contributed by atoms with Crippen LogP contribution in [0.25, 0.3) is 0 Å². The highest BCUT2D eigenvalue weighted by Gasteiger charge is 2.31. The van der Waals surface area contributed by atoms with Crippen LogP contribution in [-0.2, 0) is 13.0 Å². The van der Waals surface area contributed by atoms with E-state index in [4.69, 9.17) is 0 Å². The van der Waals surface area contributed by atoms with E-state index in [-0.39, 0.29) is 11.8 Å². The quantitative estimate of drug-likeness (QED) is 0.774. The number of rotatable bonds is 2. The van der Waals surface area contributed by atoms with Crippen LogP contribution in [0.2, 0.25) is 0 Å². The van der Waals surface area contributed by atoms with Crippen molar-refractivity contribution in [2.75, 3.05) is 32.7 Å². The standard InChI is InChI=1S/C25H29N3O2/c29-24(19-6-2-1-3-7-19)27-13-11-20-16-21(9-10-22(20)17-27)25(30)28-15-14-26-12-5-4-8-23(26)18-28/h1-3,6-7,9-10,16,23H,4-5,8,11-15,17-18H2. The SMILES string of the molecule is O=C(c1ccccc1)N1CCc2cc(C(=O)N3CCN4CCCCC4C3)ccc2C1. The van der Waals surface area contributed by atoms with Gasteiger partial charge in [0.1, 0.15) is 0 Å². The number of benzene rings is 2. The van der Waals surface area contributed by atoms with Gasteiger partial charge in [0.25, 0.3) is 11.8 Å². The number of piperazine rings is 1. The van der Waals surface area contributed by atoms with Crippen LogP contribution >= 0.6 is 0 Å². The number of carbonyl (C=O) groups excluding carboxylic acids is 2. The zero-order valence-corrected chi connectivity index (χ0v) is 17.4. The lowest BCUT2D eigenvalue weighted by Gasteiger charge is -2.44. The molecule has 0 N–H and O–H groups in total. The Morgan fingerprint density at radius 1 is 0.767 bits per heavy atom. The molecular weight excluding hydrogens is 374 g/mol. The van der Waals surface area contributed by atoms with Crippen LogP contribution in [0.5, 0.6) is 0 Å². The van der Waals surface area contributed by atoms with Crippen molar-refractivity contribution in [2.24, 2.45) is 0 Å². The predicted molar refractivity (Wildman–Crippen MR) is 116 cm³/mol. The van der Waals surface area contributed by atoms with Gasteiger partial charge in [0.2, 0.25) is 0 Å². The third kappa shape index (κ3) is 3.74. The molecule has 0 bridgehead atoms. The van der Waals surface area contributed by atoms with Gasteiger partial charge in [0, 0.05) is 49.9 Å². The number of amides is 2. The molecule has 2 saturated heterocycles. The molecule has 0 aliphatic carbocycles. The first-order chi connectivity index (χ1) is 14.7. The number of nitrogens with zero attached hydrogens (tertiary/aromatic N) is 3. The molecule has 2 aromatic rings. The highest BCUT2D eigenvalue weighted by Crippen LogP contribution is 2.25. The second-order valence-electron chi connectivity index (χ2n) is 8.76. The van der Waals surface area contributed by atoms with Crippen LogP contribution in [0.3, 0.4) is 0 Å². The molecule has 3 heterocycles. The predicted octanol–water partition coefficient (Wildman–Crippen LogP) is 3.20. The number of hydrogen-bond acceptors (Lipinski definition) is 3. The van der Waals surface area contributed by atoms with Gasteiger partial charge in [-0.3, -0.25) is 14.5 Å². The van der Waals surface area contributed by atoms with Crippen molar-refractivity contribution in [2.45, 2.75) is 38.3 Å². The summed E-state index contributed by atoms with van der Waals surface area (Å²) < 4.78 is 0. The topological polar surface area (TPSA) is 43.9 Å². The minimum atomic E-state index is 0.0757. The lowest BCUT2D eigenvalue weighted by Crippen LogP contribution is -2.56. The van der Waals surface area contributed by atoms with E-state index in [0.717, 1.165) is 42.7 Å². The van der Waals surface area contributed by atoms with Gasteiger partial charge in [-0.1, -0.05) is 30.7 Å². The molecule has 1 atom stereocenters. The molecule has 2 fully saturated rings. The van der Waals surface area contributed by atoms with Gasteiger partial charge in [0.05, 0.1) is 0 Å². The molecule has 3 aliphatic rings. The molecule has 5 rings (SSSR count). The van der Waals surface area contributed by atoms with E-state index >= 15 is 0 Å². The summed E-state index contributed by atoms with van der Waals surface area (Å²) >= 11 is 0. The third-order valence-electron chi connectivity index (χ3n) is 6.90. The molecule has 1 unspecified atom stereocenters. The van der Waals surface area contributed by atoms with Crippen LogP contribution in [0, 0.1) is 0 Å². The van der Waals surface area contributed by atoms with Gasteiger partial charge in [-0.05, 0) is 61.2 Å². The minimum absolute atomic E-state index is 0.0757. The highest BCUT2D eigenvalue weighted by molar-refractivity contribution is 5.95.